The van der Waals surface area contributed by atoms with Gasteiger partial charge >= 0.3 is 6.03 Å². The van der Waals surface area contributed by atoms with Crippen LogP contribution in [0.5, 0.6) is 0 Å². The molecule has 144 valence electrons. The van der Waals surface area contributed by atoms with E-state index in [1.165, 1.54) is 18.4 Å². The predicted octanol–water partition coefficient (Wildman–Crippen LogP) is 2.97. The van der Waals surface area contributed by atoms with Crippen molar-refractivity contribution in [2.45, 2.75) is 32.2 Å². The van der Waals surface area contributed by atoms with Crippen molar-refractivity contribution in [2.24, 2.45) is 11.8 Å². The summed E-state index contributed by atoms with van der Waals surface area (Å²) in [6, 6.07) is 10.8. The lowest BCUT2D eigenvalue weighted by Crippen LogP contribution is -2.48. The number of carbonyl (C=O) groups is 1. The van der Waals surface area contributed by atoms with Crippen molar-refractivity contribution < 1.29 is 9.53 Å². The van der Waals surface area contributed by atoms with Gasteiger partial charge in [-0.1, -0.05) is 30.3 Å². The molecular formula is C21H33N3O2. The number of benzene rings is 1. The Morgan fingerprint density at radius 2 is 1.88 bits per heavy atom. The Morgan fingerprint density at radius 1 is 1.12 bits per heavy atom. The number of likely N-dealkylation sites (tertiary alicyclic amines) is 2. The third kappa shape index (κ3) is 5.71. The molecule has 2 fully saturated rings. The zero-order valence-corrected chi connectivity index (χ0v) is 16.0. The molecule has 0 aromatic heterocycles. The molecule has 2 aliphatic heterocycles. The van der Waals surface area contributed by atoms with Gasteiger partial charge in [0, 0.05) is 39.2 Å². The van der Waals surface area contributed by atoms with Gasteiger partial charge < -0.3 is 15.0 Å². The van der Waals surface area contributed by atoms with Gasteiger partial charge in [-0.15, -0.1) is 0 Å². The SMILES string of the molecule is COC[C@@H]1CCCN(C(=O)NCC2CCN(Cc3ccccc3)CC2)C1. The summed E-state index contributed by atoms with van der Waals surface area (Å²) in [7, 11) is 1.74. The van der Waals surface area contributed by atoms with E-state index in [1.807, 2.05) is 4.90 Å². The molecule has 1 aromatic rings. The number of nitrogens with zero attached hydrogens (tertiary/aromatic N) is 2. The van der Waals surface area contributed by atoms with Crippen molar-refractivity contribution in [3.63, 3.8) is 0 Å². The molecule has 1 aromatic carbocycles. The first-order valence-corrected chi connectivity index (χ1v) is 10.0. The number of amides is 2. The minimum Gasteiger partial charge on any atom is -0.384 e. The van der Waals surface area contributed by atoms with Crippen molar-refractivity contribution in [1.29, 1.82) is 0 Å². The van der Waals surface area contributed by atoms with Gasteiger partial charge in [-0.05, 0) is 50.3 Å². The number of ether oxygens (including phenoxy) is 1. The van der Waals surface area contributed by atoms with Crippen molar-refractivity contribution in [1.82, 2.24) is 15.1 Å². The molecule has 2 heterocycles. The zero-order chi connectivity index (χ0) is 18.2. The summed E-state index contributed by atoms with van der Waals surface area (Å²) < 4.78 is 5.25. The molecule has 1 atom stereocenters. The van der Waals surface area contributed by atoms with Crippen LogP contribution < -0.4 is 5.32 Å². The van der Waals surface area contributed by atoms with E-state index >= 15 is 0 Å². The monoisotopic (exact) mass is 359 g/mol. The normalized spacial score (nSPS) is 22.3. The van der Waals surface area contributed by atoms with Gasteiger partial charge in [0.25, 0.3) is 0 Å². The molecule has 1 N–H and O–H groups in total. The number of piperidine rings is 2. The first kappa shape index (κ1) is 19.2. The number of methoxy groups -OCH3 is 1. The fourth-order valence-electron chi connectivity index (χ4n) is 4.16. The maximum absolute atomic E-state index is 12.5. The Bertz CT molecular complexity index is 541. The van der Waals surface area contributed by atoms with Gasteiger partial charge in [0.05, 0.1) is 6.61 Å². The van der Waals surface area contributed by atoms with Crippen LogP contribution in [-0.2, 0) is 11.3 Å². The Hall–Kier alpha value is -1.59. The molecule has 0 saturated carbocycles. The highest BCUT2D eigenvalue weighted by Crippen LogP contribution is 2.19. The van der Waals surface area contributed by atoms with E-state index in [9.17, 15) is 4.79 Å². The molecule has 0 radical (unpaired) electrons. The lowest BCUT2D eigenvalue weighted by atomic mass is 9.96. The number of rotatable bonds is 6. The lowest BCUT2D eigenvalue weighted by molar-refractivity contribution is 0.0994. The van der Waals surface area contributed by atoms with Gasteiger partial charge in [-0.25, -0.2) is 4.79 Å². The van der Waals surface area contributed by atoms with E-state index in [4.69, 9.17) is 4.74 Å². The van der Waals surface area contributed by atoms with Crippen molar-refractivity contribution in [3.8, 4) is 0 Å². The fourth-order valence-corrected chi connectivity index (χ4v) is 4.16. The van der Waals surface area contributed by atoms with Gasteiger partial charge in [-0.2, -0.15) is 0 Å². The van der Waals surface area contributed by atoms with Crippen molar-refractivity contribution >= 4 is 6.03 Å². The first-order valence-electron chi connectivity index (χ1n) is 10.0. The first-order chi connectivity index (χ1) is 12.7. The third-order valence-corrected chi connectivity index (χ3v) is 5.71. The second-order valence-electron chi connectivity index (χ2n) is 7.80. The van der Waals surface area contributed by atoms with Crippen LogP contribution in [0, 0.1) is 11.8 Å². The molecule has 0 aliphatic carbocycles. The second kappa shape index (κ2) is 9.93. The van der Waals surface area contributed by atoms with E-state index in [0.29, 0.717) is 11.8 Å². The summed E-state index contributed by atoms with van der Waals surface area (Å²) in [6.07, 6.45) is 4.58. The maximum Gasteiger partial charge on any atom is 0.317 e. The van der Waals surface area contributed by atoms with Crippen LogP contribution in [0.3, 0.4) is 0 Å². The highest BCUT2D eigenvalue weighted by molar-refractivity contribution is 5.74. The smallest absolute Gasteiger partial charge is 0.317 e. The molecular weight excluding hydrogens is 326 g/mol. The molecule has 0 unspecified atom stereocenters. The average molecular weight is 360 g/mol. The van der Waals surface area contributed by atoms with Crippen LogP contribution in [0.1, 0.15) is 31.2 Å². The zero-order valence-electron chi connectivity index (χ0n) is 16.0. The molecule has 2 amide bonds. The minimum absolute atomic E-state index is 0.109. The van der Waals surface area contributed by atoms with E-state index in [-0.39, 0.29) is 6.03 Å². The van der Waals surface area contributed by atoms with Gasteiger partial charge in [0.15, 0.2) is 0 Å². The largest absolute Gasteiger partial charge is 0.384 e. The van der Waals surface area contributed by atoms with Crippen LogP contribution in [0.15, 0.2) is 30.3 Å². The van der Waals surface area contributed by atoms with E-state index in [2.05, 4.69) is 40.5 Å². The Kier molecular flexibility index (Phi) is 7.32. The lowest BCUT2D eigenvalue weighted by Gasteiger charge is -2.34. The quantitative estimate of drug-likeness (QED) is 0.849. The molecule has 2 saturated heterocycles. The van der Waals surface area contributed by atoms with E-state index in [0.717, 1.165) is 58.7 Å². The summed E-state index contributed by atoms with van der Waals surface area (Å²) in [5.41, 5.74) is 1.38. The molecule has 0 spiro atoms. The summed E-state index contributed by atoms with van der Waals surface area (Å²) >= 11 is 0. The average Bonchev–Trinajstić information content (AvgIpc) is 2.68. The molecule has 26 heavy (non-hydrogen) atoms. The minimum atomic E-state index is 0.109. The Morgan fingerprint density at radius 3 is 2.62 bits per heavy atom. The van der Waals surface area contributed by atoms with Crippen LogP contribution in [0.2, 0.25) is 0 Å². The van der Waals surface area contributed by atoms with Crippen LogP contribution in [-0.4, -0.2) is 62.3 Å². The van der Waals surface area contributed by atoms with Crippen LogP contribution in [0.25, 0.3) is 0 Å². The van der Waals surface area contributed by atoms with Gasteiger partial charge in [-0.3, -0.25) is 4.90 Å². The number of hydrogen-bond acceptors (Lipinski definition) is 3. The Balaban J connectivity index is 1.35. The number of hydrogen-bond donors (Lipinski definition) is 1. The fraction of sp³-hybridized carbons (Fsp3) is 0.667. The highest BCUT2D eigenvalue weighted by Gasteiger charge is 2.25. The number of nitrogens with one attached hydrogen (secondary N) is 1. The summed E-state index contributed by atoms with van der Waals surface area (Å²) in [5.74, 6) is 1.09. The molecule has 0 bridgehead atoms. The molecule has 5 heteroatoms. The third-order valence-electron chi connectivity index (χ3n) is 5.71. The van der Waals surface area contributed by atoms with Gasteiger partial charge in [0.2, 0.25) is 0 Å². The maximum atomic E-state index is 12.5. The summed E-state index contributed by atoms with van der Waals surface area (Å²) in [4.78, 5) is 17.0. The predicted molar refractivity (Wildman–Crippen MR) is 104 cm³/mol. The number of urea groups is 1. The standard InChI is InChI=1S/C21H33N3O2/c1-26-17-20-8-5-11-24(16-20)21(25)22-14-18-9-12-23(13-10-18)15-19-6-3-2-4-7-19/h2-4,6-7,18,20H,5,8-17H2,1H3,(H,22,25)/t20-/m1/s1. The van der Waals surface area contributed by atoms with Gasteiger partial charge in [0.1, 0.15) is 0 Å². The highest BCUT2D eigenvalue weighted by atomic mass is 16.5. The topological polar surface area (TPSA) is 44.8 Å². The van der Waals surface area contributed by atoms with E-state index in [1.54, 1.807) is 7.11 Å². The Labute approximate surface area is 157 Å². The molecule has 2 aliphatic rings. The van der Waals surface area contributed by atoms with Crippen molar-refractivity contribution in [3.05, 3.63) is 35.9 Å². The second-order valence-corrected chi connectivity index (χ2v) is 7.80. The van der Waals surface area contributed by atoms with Crippen molar-refractivity contribution in [2.75, 3.05) is 46.4 Å². The number of carbonyl (C=O) groups excluding carboxylic acids is 1. The molecule has 5 nitrogen and oxygen atoms in total. The van der Waals surface area contributed by atoms with Crippen LogP contribution >= 0.6 is 0 Å². The van der Waals surface area contributed by atoms with E-state index < -0.39 is 0 Å². The summed E-state index contributed by atoms with van der Waals surface area (Å²) in [5, 5.41) is 3.18. The van der Waals surface area contributed by atoms with Crippen LogP contribution in [0.4, 0.5) is 4.79 Å². The summed E-state index contributed by atoms with van der Waals surface area (Å²) in [6.45, 7) is 6.54. The molecule has 3 rings (SSSR count).